The maximum Gasteiger partial charge on any atom is 0.251 e. The molecule has 0 unspecified atom stereocenters. The van der Waals surface area contributed by atoms with E-state index in [9.17, 15) is 13.2 Å². The third kappa shape index (κ3) is 7.75. The molecule has 0 aliphatic rings. The summed E-state index contributed by atoms with van der Waals surface area (Å²) in [5.74, 6) is 1.26. The van der Waals surface area contributed by atoms with E-state index in [0.29, 0.717) is 30.2 Å². The van der Waals surface area contributed by atoms with Crippen molar-refractivity contribution >= 4 is 21.6 Å². The summed E-state index contributed by atoms with van der Waals surface area (Å²) in [6, 6.07) is 19.8. The molecule has 0 aromatic heterocycles. The number of hydrogen-bond donors (Lipinski definition) is 1. The van der Waals surface area contributed by atoms with Crippen LogP contribution in [0.1, 0.15) is 40.9 Å². The fraction of sp³-hybridized carbons (Fsp3) is 0.321. The van der Waals surface area contributed by atoms with Crippen LogP contribution in [0.3, 0.4) is 0 Å². The van der Waals surface area contributed by atoms with Crippen molar-refractivity contribution in [1.82, 2.24) is 5.32 Å². The van der Waals surface area contributed by atoms with Crippen molar-refractivity contribution < 1.29 is 22.7 Å². The molecule has 1 N–H and O–H groups in total. The van der Waals surface area contributed by atoms with Crippen LogP contribution in [-0.4, -0.2) is 39.8 Å². The fourth-order valence-electron chi connectivity index (χ4n) is 3.68. The van der Waals surface area contributed by atoms with Crippen molar-refractivity contribution in [3.8, 4) is 11.5 Å². The molecule has 0 heterocycles. The minimum absolute atomic E-state index is 0.0301. The number of nitrogens with zero attached hydrogens (tertiary/aromatic N) is 1. The molecule has 1 amide bonds. The van der Waals surface area contributed by atoms with Crippen molar-refractivity contribution in [3.05, 3.63) is 89.0 Å². The second-order valence-electron chi connectivity index (χ2n) is 9.00. The number of carbonyl (C=O) groups excluding carboxylic acids is 1. The van der Waals surface area contributed by atoms with Crippen LogP contribution in [0.25, 0.3) is 0 Å². The Labute approximate surface area is 214 Å². The van der Waals surface area contributed by atoms with E-state index in [1.807, 2.05) is 39.8 Å². The molecule has 0 spiro atoms. The van der Waals surface area contributed by atoms with E-state index in [1.54, 1.807) is 48.5 Å². The summed E-state index contributed by atoms with van der Waals surface area (Å²) in [7, 11) is -3.52. The molecule has 0 atom stereocenters. The van der Waals surface area contributed by atoms with Gasteiger partial charge in [-0.2, -0.15) is 0 Å². The molecule has 0 saturated carbocycles. The molecular weight excluding hydrogens is 476 g/mol. The monoisotopic (exact) mass is 510 g/mol. The van der Waals surface area contributed by atoms with Crippen LogP contribution in [0.4, 0.5) is 5.69 Å². The first kappa shape index (κ1) is 27.1. The molecule has 192 valence electrons. The van der Waals surface area contributed by atoms with Crippen molar-refractivity contribution in [1.29, 1.82) is 0 Å². The van der Waals surface area contributed by atoms with Gasteiger partial charge in [0, 0.05) is 5.56 Å². The highest BCUT2D eigenvalue weighted by atomic mass is 32.2. The van der Waals surface area contributed by atoms with Gasteiger partial charge in [0.15, 0.2) is 0 Å². The minimum Gasteiger partial charge on any atom is -0.491 e. The first-order chi connectivity index (χ1) is 17.0. The molecular formula is C28H34N2O5S. The zero-order chi connectivity index (χ0) is 26.3. The van der Waals surface area contributed by atoms with Gasteiger partial charge in [-0.3, -0.25) is 9.10 Å². The SMILES string of the molecule is Cc1ccc(OCCNC(=O)c2ccc(CN(c3ccc(OC(C)C)cc3)S(C)(=O)=O)cc2)c(C)c1. The van der Waals surface area contributed by atoms with E-state index >= 15 is 0 Å². The average molecular weight is 511 g/mol. The quantitative estimate of drug-likeness (QED) is 0.372. The van der Waals surface area contributed by atoms with E-state index in [-0.39, 0.29) is 18.6 Å². The zero-order valence-corrected chi connectivity index (χ0v) is 22.3. The molecule has 3 rings (SSSR count). The zero-order valence-electron chi connectivity index (χ0n) is 21.4. The molecule has 0 aliphatic heterocycles. The van der Waals surface area contributed by atoms with Gasteiger partial charge in [0.05, 0.1) is 31.1 Å². The summed E-state index contributed by atoms with van der Waals surface area (Å²) in [4.78, 5) is 12.5. The lowest BCUT2D eigenvalue weighted by Crippen LogP contribution is -2.29. The number of benzene rings is 3. The smallest absolute Gasteiger partial charge is 0.251 e. The number of aryl methyl sites for hydroxylation is 2. The molecule has 7 nitrogen and oxygen atoms in total. The van der Waals surface area contributed by atoms with Crippen LogP contribution in [0.15, 0.2) is 66.7 Å². The van der Waals surface area contributed by atoms with Crippen LogP contribution < -0.4 is 19.1 Å². The maximum absolute atomic E-state index is 12.5. The second-order valence-corrected chi connectivity index (χ2v) is 10.9. The highest BCUT2D eigenvalue weighted by Gasteiger charge is 2.18. The van der Waals surface area contributed by atoms with Gasteiger partial charge in [-0.1, -0.05) is 29.8 Å². The summed E-state index contributed by atoms with van der Waals surface area (Å²) >= 11 is 0. The first-order valence-electron chi connectivity index (χ1n) is 11.8. The summed E-state index contributed by atoms with van der Waals surface area (Å²) in [6.07, 6.45) is 1.20. The van der Waals surface area contributed by atoms with Crippen LogP contribution in [0, 0.1) is 13.8 Å². The lowest BCUT2D eigenvalue weighted by molar-refractivity contribution is 0.0947. The lowest BCUT2D eigenvalue weighted by Gasteiger charge is -2.23. The largest absolute Gasteiger partial charge is 0.491 e. The Morgan fingerprint density at radius 1 is 0.972 bits per heavy atom. The molecule has 8 heteroatoms. The predicted octanol–water partition coefficient (Wildman–Crippen LogP) is 4.87. The van der Waals surface area contributed by atoms with Gasteiger partial charge in [0.2, 0.25) is 10.0 Å². The van der Waals surface area contributed by atoms with Gasteiger partial charge in [0.1, 0.15) is 18.1 Å². The standard InChI is InChI=1S/C28H34N2O5S/c1-20(2)35-26-13-11-25(12-14-26)30(36(5,32)33)19-23-7-9-24(10-8-23)28(31)29-16-17-34-27-15-6-21(3)18-22(27)4/h6-15,18,20H,16-17,19H2,1-5H3,(H,29,31). The van der Waals surface area contributed by atoms with Crippen LogP contribution in [-0.2, 0) is 16.6 Å². The van der Waals surface area contributed by atoms with Gasteiger partial charge in [0.25, 0.3) is 5.91 Å². The molecule has 0 bridgehead atoms. The highest BCUT2D eigenvalue weighted by molar-refractivity contribution is 7.92. The van der Waals surface area contributed by atoms with E-state index in [1.165, 1.54) is 16.1 Å². The summed E-state index contributed by atoms with van der Waals surface area (Å²) in [6.45, 7) is 8.76. The first-order valence-corrected chi connectivity index (χ1v) is 13.7. The summed E-state index contributed by atoms with van der Waals surface area (Å²) in [5, 5.41) is 2.85. The number of carbonyl (C=O) groups is 1. The Hall–Kier alpha value is -3.52. The minimum atomic E-state index is -3.52. The van der Waals surface area contributed by atoms with E-state index < -0.39 is 10.0 Å². The topological polar surface area (TPSA) is 84.9 Å². The number of nitrogens with one attached hydrogen (secondary N) is 1. The van der Waals surface area contributed by atoms with Crippen molar-refractivity contribution in [2.45, 2.75) is 40.3 Å². The summed E-state index contributed by atoms with van der Waals surface area (Å²) in [5.41, 5.74) is 4.02. The van der Waals surface area contributed by atoms with Crippen molar-refractivity contribution in [3.63, 3.8) is 0 Å². The Balaban J connectivity index is 1.58. The number of anilines is 1. The van der Waals surface area contributed by atoms with E-state index in [2.05, 4.69) is 11.4 Å². The maximum atomic E-state index is 12.5. The highest BCUT2D eigenvalue weighted by Crippen LogP contribution is 2.24. The van der Waals surface area contributed by atoms with Crippen LogP contribution >= 0.6 is 0 Å². The number of rotatable bonds is 11. The third-order valence-electron chi connectivity index (χ3n) is 5.41. The lowest BCUT2D eigenvalue weighted by atomic mass is 10.1. The van der Waals surface area contributed by atoms with Crippen molar-refractivity contribution in [2.75, 3.05) is 23.7 Å². The Bertz CT molecular complexity index is 1270. The van der Waals surface area contributed by atoms with Gasteiger partial charge in [-0.05, 0) is 81.3 Å². The number of ether oxygens (including phenoxy) is 2. The van der Waals surface area contributed by atoms with Crippen LogP contribution in [0.2, 0.25) is 0 Å². The average Bonchev–Trinajstić information content (AvgIpc) is 2.81. The Kier molecular flexibility index (Phi) is 8.98. The molecule has 0 fully saturated rings. The number of sulfonamides is 1. The van der Waals surface area contributed by atoms with Crippen molar-refractivity contribution in [2.24, 2.45) is 0 Å². The molecule has 0 saturated heterocycles. The normalized spacial score (nSPS) is 11.3. The van der Waals surface area contributed by atoms with Gasteiger partial charge in [-0.15, -0.1) is 0 Å². The molecule has 0 aliphatic carbocycles. The summed E-state index contributed by atoms with van der Waals surface area (Å²) < 4.78 is 37.7. The number of amides is 1. The molecule has 36 heavy (non-hydrogen) atoms. The predicted molar refractivity (Wildman–Crippen MR) is 143 cm³/mol. The van der Waals surface area contributed by atoms with Gasteiger partial charge < -0.3 is 14.8 Å². The van der Waals surface area contributed by atoms with E-state index in [0.717, 1.165) is 16.9 Å². The molecule has 3 aromatic carbocycles. The number of hydrogen-bond acceptors (Lipinski definition) is 5. The second kappa shape index (κ2) is 11.9. The van der Waals surface area contributed by atoms with E-state index in [4.69, 9.17) is 9.47 Å². The fourth-order valence-corrected chi connectivity index (χ4v) is 4.57. The Morgan fingerprint density at radius 2 is 1.64 bits per heavy atom. The Morgan fingerprint density at radius 3 is 2.22 bits per heavy atom. The molecule has 3 aromatic rings. The van der Waals surface area contributed by atoms with Gasteiger partial charge in [-0.25, -0.2) is 8.42 Å². The van der Waals surface area contributed by atoms with Gasteiger partial charge >= 0.3 is 0 Å². The third-order valence-corrected chi connectivity index (χ3v) is 6.56. The van der Waals surface area contributed by atoms with Crippen LogP contribution in [0.5, 0.6) is 11.5 Å². The molecule has 0 radical (unpaired) electrons.